The first-order valence-electron chi connectivity index (χ1n) is 6.33. The van der Waals surface area contributed by atoms with E-state index in [2.05, 4.69) is 19.7 Å². The number of rotatable bonds is 2. The van der Waals surface area contributed by atoms with Gasteiger partial charge in [0.05, 0.1) is 11.1 Å². The predicted molar refractivity (Wildman–Crippen MR) is 73.8 cm³/mol. The largest absolute Gasteiger partial charge is 0.367 e. The third-order valence-corrected chi connectivity index (χ3v) is 4.40. The van der Waals surface area contributed by atoms with Gasteiger partial charge in [-0.25, -0.2) is 9.97 Å². The van der Waals surface area contributed by atoms with Gasteiger partial charge in [0.25, 0.3) is 0 Å². The van der Waals surface area contributed by atoms with Crippen LogP contribution in [0.15, 0.2) is 6.33 Å². The Morgan fingerprint density at radius 3 is 2.83 bits per heavy atom. The van der Waals surface area contributed by atoms with Crippen LogP contribution in [0.25, 0.3) is 10.2 Å². The van der Waals surface area contributed by atoms with E-state index in [-0.39, 0.29) is 0 Å². The number of hydrogen-bond acceptors (Lipinski definition) is 6. The van der Waals surface area contributed by atoms with E-state index in [0.717, 1.165) is 47.4 Å². The van der Waals surface area contributed by atoms with E-state index in [1.807, 2.05) is 6.92 Å². The third kappa shape index (κ3) is 2.18. The topological polar surface area (TPSA) is 76.7 Å². The fraction of sp³-hybridized carbons (Fsp3) is 0.583. The van der Waals surface area contributed by atoms with Gasteiger partial charge in [0, 0.05) is 12.1 Å². The van der Waals surface area contributed by atoms with E-state index in [4.69, 9.17) is 5.73 Å². The standard InChI is InChI=1S/C12H17N5S/c1-7-10-11(14-6-15-12(10)18-17-7)16-9-4-2-8(13)3-5-9/h6,8-9H,2-5,13H2,1H3,(H,14,15,16). The minimum Gasteiger partial charge on any atom is -0.367 e. The molecule has 1 aliphatic rings. The molecule has 0 amide bonds. The lowest BCUT2D eigenvalue weighted by Gasteiger charge is -2.27. The first-order valence-corrected chi connectivity index (χ1v) is 7.10. The molecule has 96 valence electrons. The first-order chi connectivity index (χ1) is 8.74. The van der Waals surface area contributed by atoms with Crippen molar-refractivity contribution in [2.45, 2.75) is 44.7 Å². The van der Waals surface area contributed by atoms with Gasteiger partial charge in [-0.1, -0.05) is 0 Å². The molecule has 0 atom stereocenters. The molecule has 3 N–H and O–H groups in total. The number of nitrogens with zero attached hydrogens (tertiary/aromatic N) is 3. The molecule has 18 heavy (non-hydrogen) atoms. The number of aryl methyl sites for hydroxylation is 1. The molecule has 0 aromatic carbocycles. The molecular weight excluding hydrogens is 246 g/mol. The summed E-state index contributed by atoms with van der Waals surface area (Å²) in [5, 5.41) is 4.60. The molecule has 0 saturated heterocycles. The Bertz CT molecular complexity index is 544. The second-order valence-electron chi connectivity index (χ2n) is 4.93. The third-order valence-electron chi connectivity index (χ3n) is 3.56. The maximum atomic E-state index is 5.93. The highest BCUT2D eigenvalue weighted by molar-refractivity contribution is 7.13. The van der Waals surface area contributed by atoms with Crippen LogP contribution in [-0.4, -0.2) is 26.4 Å². The highest BCUT2D eigenvalue weighted by Crippen LogP contribution is 2.28. The number of fused-ring (bicyclic) bond motifs is 1. The summed E-state index contributed by atoms with van der Waals surface area (Å²) in [5.41, 5.74) is 6.93. The summed E-state index contributed by atoms with van der Waals surface area (Å²) in [6.07, 6.45) is 6.02. The highest BCUT2D eigenvalue weighted by Gasteiger charge is 2.20. The van der Waals surface area contributed by atoms with Crippen molar-refractivity contribution in [2.24, 2.45) is 5.73 Å². The normalized spacial score (nSPS) is 24.3. The number of nitrogens with one attached hydrogen (secondary N) is 1. The van der Waals surface area contributed by atoms with Gasteiger partial charge < -0.3 is 11.1 Å². The second kappa shape index (κ2) is 4.78. The molecule has 1 saturated carbocycles. The molecule has 0 spiro atoms. The summed E-state index contributed by atoms with van der Waals surface area (Å²) in [6, 6.07) is 0.847. The summed E-state index contributed by atoms with van der Waals surface area (Å²) in [7, 11) is 0. The zero-order valence-electron chi connectivity index (χ0n) is 10.4. The molecule has 0 radical (unpaired) electrons. The second-order valence-corrected chi connectivity index (χ2v) is 5.68. The molecule has 5 nitrogen and oxygen atoms in total. The van der Waals surface area contributed by atoms with Crippen LogP contribution in [0.4, 0.5) is 5.82 Å². The van der Waals surface area contributed by atoms with Crippen LogP contribution in [0.3, 0.4) is 0 Å². The number of nitrogens with two attached hydrogens (primary N) is 1. The van der Waals surface area contributed by atoms with Crippen molar-refractivity contribution in [3.05, 3.63) is 12.0 Å². The van der Waals surface area contributed by atoms with E-state index < -0.39 is 0 Å². The van der Waals surface area contributed by atoms with E-state index in [1.54, 1.807) is 6.33 Å². The molecule has 0 aliphatic heterocycles. The van der Waals surface area contributed by atoms with E-state index in [1.165, 1.54) is 11.5 Å². The molecule has 2 aromatic heterocycles. The Hall–Kier alpha value is -1.27. The van der Waals surface area contributed by atoms with Gasteiger partial charge in [-0.05, 0) is 44.1 Å². The Morgan fingerprint density at radius 1 is 1.28 bits per heavy atom. The Morgan fingerprint density at radius 2 is 2.06 bits per heavy atom. The molecule has 3 rings (SSSR count). The van der Waals surface area contributed by atoms with Gasteiger partial charge in [0.15, 0.2) is 0 Å². The maximum absolute atomic E-state index is 5.93. The van der Waals surface area contributed by atoms with Crippen molar-refractivity contribution in [2.75, 3.05) is 5.32 Å². The van der Waals surface area contributed by atoms with Crippen LogP contribution in [0.1, 0.15) is 31.4 Å². The van der Waals surface area contributed by atoms with Crippen molar-refractivity contribution in [1.29, 1.82) is 0 Å². The first kappa shape index (κ1) is 11.8. The zero-order valence-corrected chi connectivity index (χ0v) is 11.2. The van der Waals surface area contributed by atoms with Crippen molar-refractivity contribution in [3.8, 4) is 0 Å². The smallest absolute Gasteiger partial charge is 0.149 e. The Kier molecular flexibility index (Phi) is 3.13. The van der Waals surface area contributed by atoms with Crippen LogP contribution < -0.4 is 11.1 Å². The molecule has 0 unspecified atom stereocenters. The van der Waals surface area contributed by atoms with Gasteiger partial charge in [0.2, 0.25) is 0 Å². The van der Waals surface area contributed by atoms with Crippen LogP contribution in [0.2, 0.25) is 0 Å². The maximum Gasteiger partial charge on any atom is 0.149 e. The predicted octanol–water partition coefficient (Wildman–Crippen LogP) is 2.08. The molecule has 0 bridgehead atoms. The van der Waals surface area contributed by atoms with Gasteiger partial charge in [0.1, 0.15) is 17.0 Å². The molecule has 2 heterocycles. The van der Waals surface area contributed by atoms with Crippen LogP contribution in [-0.2, 0) is 0 Å². The van der Waals surface area contributed by atoms with E-state index in [0.29, 0.717) is 12.1 Å². The summed E-state index contributed by atoms with van der Waals surface area (Å²) >= 11 is 1.43. The van der Waals surface area contributed by atoms with Gasteiger partial charge in [-0.3, -0.25) is 0 Å². The average molecular weight is 263 g/mol. The lowest BCUT2D eigenvalue weighted by atomic mass is 9.92. The molecule has 1 aliphatic carbocycles. The lowest BCUT2D eigenvalue weighted by molar-refractivity contribution is 0.410. The van der Waals surface area contributed by atoms with E-state index in [9.17, 15) is 0 Å². The number of hydrogen-bond donors (Lipinski definition) is 2. The van der Waals surface area contributed by atoms with Crippen molar-refractivity contribution in [3.63, 3.8) is 0 Å². The number of anilines is 1. The van der Waals surface area contributed by atoms with Crippen molar-refractivity contribution >= 4 is 27.6 Å². The minimum absolute atomic E-state index is 0.373. The monoisotopic (exact) mass is 263 g/mol. The van der Waals surface area contributed by atoms with E-state index >= 15 is 0 Å². The summed E-state index contributed by atoms with van der Waals surface area (Å²) in [4.78, 5) is 9.58. The minimum atomic E-state index is 0.373. The summed E-state index contributed by atoms with van der Waals surface area (Å²) in [5.74, 6) is 0.923. The van der Waals surface area contributed by atoms with Gasteiger partial charge >= 0.3 is 0 Å². The quantitative estimate of drug-likeness (QED) is 0.867. The van der Waals surface area contributed by atoms with Crippen LogP contribution >= 0.6 is 11.5 Å². The SMILES string of the molecule is Cc1nsc2ncnc(NC3CCC(N)CC3)c12. The summed E-state index contributed by atoms with van der Waals surface area (Å²) in [6.45, 7) is 2.00. The van der Waals surface area contributed by atoms with Crippen LogP contribution in [0.5, 0.6) is 0 Å². The lowest BCUT2D eigenvalue weighted by Crippen LogP contribution is -2.33. The summed E-state index contributed by atoms with van der Waals surface area (Å²) < 4.78 is 4.34. The van der Waals surface area contributed by atoms with Gasteiger partial charge in [-0.2, -0.15) is 4.37 Å². The molecule has 2 aromatic rings. The van der Waals surface area contributed by atoms with Crippen molar-refractivity contribution in [1.82, 2.24) is 14.3 Å². The fourth-order valence-electron chi connectivity index (χ4n) is 2.49. The highest BCUT2D eigenvalue weighted by atomic mass is 32.1. The molecule has 6 heteroatoms. The zero-order chi connectivity index (χ0) is 12.5. The van der Waals surface area contributed by atoms with Crippen molar-refractivity contribution < 1.29 is 0 Å². The van der Waals surface area contributed by atoms with Gasteiger partial charge in [-0.15, -0.1) is 0 Å². The Balaban J connectivity index is 1.84. The molecule has 1 fully saturated rings. The fourth-order valence-corrected chi connectivity index (χ4v) is 3.23. The average Bonchev–Trinajstić information content (AvgIpc) is 2.75. The number of aromatic nitrogens is 3. The van der Waals surface area contributed by atoms with Crippen LogP contribution in [0, 0.1) is 6.92 Å². The Labute approximate surface area is 110 Å². The molecular formula is C12H17N5S.